The normalized spacial score (nSPS) is 15.0. The number of hydrogen-bond donors (Lipinski definition) is 2. The molecule has 0 unspecified atom stereocenters. The minimum atomic E-state index is -0.0234. The van der Waals surface area contributed by atoms with Gasteiger partial charge in [0.1, 0.15) is 12.3 Å². The number of likely N-dealkylation sites (N-methyl/N-ethyl adjacent to an activating group) is 1. The molecule has 1 aliphatic heterocycles. The Bertz CT molecular complexity index is 687. The highest BCUT2D eigenvalue weighted by Crippen LogP contribution is 2.19. The van der Waals surface area contributed by atoms with Crippen molar-refractivity contribution < 1.29 is 14.3 Å². The lowest BCUT2D eigenvalue weighted by atomic mass is 10.1. The Hall–Kier alpha value is -2.32. The van der Waals surface area contributed by atoms with Crippen molar-refractivity contribution in [3.8, 4) is 5.75 Å². The molecular formula is C22H37N5O3. The van der Waals surface area contributed by atoms with E-state index in [2.05, 4.69) is 33.5 Å². The summed E-state index contributed by atoms with van der Waals surface area (Å²) in [4.78, 5) is 20.4. The number of benzene rings is 1. The number of methoxy groups -OCH3 is 1. The smallest absolute Gasteiger partial charge is 0.243 e. The molecule has 0 saturated carbocycles. The highest BCUT2D eigenvalue weighted by atomic mass is 16.5. The van der Waals surface area contributed by atoms with Crippen molar-refractivity contribution in [1.82, 2.24) is 20.4 Å². The summed E-state index contributed by atoms with van der Waals surface area (Å²) in [6.45, 7) is 8.35. The summed E-state index contributed by atoms with van der Waals surface area (Å²) in [5, 5.41) is 6.71. The first-order valence-corrected chi connectivity index (χ1v) is 10.7. The molecule has 168 valence electrons. The number of amides is 1. The number of nitrogens with one attached hydrogen (secondary N) is 2. The van der Waals surface area contributed by atoms with Crippen LogP contribution in [0.15, 0.2) is 23.2 Å². The summed E-state index contributed by atoms with van der Waals surface area (Å²) < 4.78 is 10.9. The summed E-state index contributed by atoms with van der Waals surface area (Å²) >= 11 is 0. The SMILES string of the molecule is COc1ccc(C)cc1CCNC(=NCC(=O)N(C)C)NCCCN1CCOCC1. The Morgan fingerprint density at radius 2 is 1.97 bits per heavy atom. The second-order valence-electron chi connectivity index (χ2n) is 7.68. The third-order valence-corrected chi connectivity index (χ3v) is 5.04. The van der Waals surface area contributed by atoms with Crippen LogP contribution in [-0.4, -0.2) is 95.4 Å². The molecule has 1 heterocycles. The first kappa shape index (κ1) is 24.0. The first-order chi connectivity index (χ1) is 14.5. The van der Waals surface area contributed by atoms with Gasteiger partial charge in [-0.2, -0.15) is 0 Å². The maximum atomic E-state index is 11.9. The van der Waals surface area contributed by atoms with Crippen molar-refractivity contribution in [2.75, 3.05) is 73.7 Å². The summed E-state index contributed by atoms with van der Waals surface area (Å²) in [7, 11) is 5.17. The predicted molar refractivity (Wildman–Crippen MR) is 120 cm³/mol. The fourth-order valence-electron chi connectivity index (χ4n) is 3.21. The number of morpholine rings is 1. The zero-order valence-electron chi connectivity index (χ0n) is 18.9. The zero-order chi connectivity index (χ0) is 21.8. The second kappa shape index (κ2) is 13.1. The molecule has 1 saturated heterocycles. The van der Waals surface area contributed by atoms with E-state index in [0.29, 0.717) is 12.5 Å². The van der Waals surface area contributed by atoms with Crippen LogP contribution in [-0.2, 0) is 16.0 Å². The topological polar surface area (TPSA) is 78.4 Å². The number of guanidine groups is 1. The number of aliphatic imine (C=N–C) groups is 1. The molecule has 0 radical (unpaired) electrons. The van der Waals surface area contributed by atoms with Crippen molar-refractivity contribution in [1.29, 1.82) is 0 Å². The van der Waals surface area contributed by atoms with Crippen molar-refractivity contribution in [3.63, 3.8) is 0 Å². The lowest BCUT2D eigenvalue weighted by Crippen LogP contribution is -2.42. The first-order valence-electron chi connectivity index (χ1n) is 10.7. The van der Waals surface area contributed by atoms with E-state index in [9.17, 15) is 4.79 Å². The molecule has 2 rings (SSSR count). The van der Waals surface area contributed by atoms with E-state index in [1.165, 1.54) is 5.56 Å². The van der Waals surface area contributed by atoms with E-state index in [1.54, 1.807) is 26.1 Å². The molecule has 0 aromatic heterocycles. The van der Waals surface area contributed by atoms with Gasteiger partial charge in [-0.25, -0.2) is 4.99 Å². The number of carbonyl (C=O) groups is 1. The van der Waals surface area contributed by atoms with Crippen LogP contribution < -0.4 is 15.4 Å². The Labute approximate surface area is 180 Å². The van der Waals surface area contributed by atoms with Crippen LogP contribution >= 0.6 is 0 Å². The van der Waals surface area contributed by atoms with E-state index in [1.807, 2.05) is 12.1 Å². The maximum Gasteiger partial charge on any atom is 0.243 e. The van der Waals surface area contributed by atoms with Crippen molar-refractivity contribution in [2.45, 2.75) is 19.8 Å². The Morgan fingerprint density at radius 3 is 2.67 bits per heavy atom. The third kappa shape index (κ3) is 8.59. The summed E-state index contributed by atoms with van der Waals surface area (Å²) in [5.41, 5.74) is 2.36. The lowest BCUT2D eigenvalue weighted by Gasteiger charge is -2.26. The molecule has 8 heteroatoms. The van der Waals surface area contributed by atoms with Crippen molar-refractivity contribution in [3.05, 3.63) is 29.3 Å². The number of carbonyl (C=O) groups excluding carboxylic acids is 1. The Kier molecular flexibility index (Phi) is 10.4. The van der Waals surface area contributed by atoms with Gasteiger partial charge >= 0.3 is 0 Å². The number of hydrogen-bond acceptors (Lipinski definition) is 5. The zero-order valence-corrected chi connectivity index (χ0v) is 18.9. The van der Waals surface area contributed by atoms with Gasteiger partial charge in [-0.05, 0) is 37.9 Å². The molecule has 1 amide bonds. The van der Waals surface area contributed by atoms with Gasteiger partial charge in [0.05, 0.1) is 20.3 Å². The van der Waals surface area contributed by atoms with Crippen LogP contribution in [0.5, 0.6) is 5.75 Å². The standard InChI is InChI=1S/C22H37N5O3/c1-18-6-7-20(29-4)19(16-18)8-10-24-22(25-17-21(28)26(2)3)23-9-5-11-27-12-14-30-15-13-27/h6-7,16H,5,8-15,17H2,1-4H3,(H2,23,24,25). The van der Waals surface area contributed by atoms with E-state index >= 15 is 0 Å². The highest BCUT2D eigenvalue weighted by molar-refractivity contribution is 5.84. The monoisotopic (exact) mass is 419 g/mol. The number of aryl methyl sites for hydroxylation is 1. The van der Waals surface area contributed by atoms with Crippen molar-refractivity contribution >= 4 is 11.9 Å². The molecule has 0 atom stereocenters. The minimum absolute atomic E-state index is 0.0234. The fourth-order valence-corrected chi connectivity index (χ4v) is 3.21. The van der Waals surface area contributed by atoms with E-state index in [0.717, 1.165) is 63.5 Å². The molecular weight excluding hydrogens is 382 g/mol. The summed E-state index contributed by atoms with van der Waals surface area (Å²) in [6.07, 6.45) is 1.81. The van der Waals surface area contributed by atoms with E-state index in [4.69, 9.17) is 9.47 Å². The molecule has 2 N–H and O–H groups in total. The van der Waals surface area contributed by atoms with Gasteiger partial charge in [0.2, 0.25) is 5.91 Å². The second-order valence-corrected chi connectivity index (χ2v) is 7.68. The van der Waals surface area contributed by atoms with Crippen LogP contribution in [0.4, 0.5) is 0 Å². The Balaban J connectivity index is 1.85. The minimum Gasteiger partial charge on any atom is -0.496 e. The van der Waals surface area contributed by atoms with Crippen LogP contribution in [0.3, 0.4) is 0 Å². The highest BCUT2D eigenvalue weighted by Gasteiger charge is 2.10. The molecule has 30 heavy (non-hydrogen) atoms. The number of rotatable bonds is 10. The van der Waals surface area contributed by atoms with E-state index < -0.39 is 0 Å². The summed E-state index contributed by atoms with van der Waals surface area (Å²) in [5.74, 6) is 1.53. The fraction of sp³-hybridized carbons (Fsp3) is 0.636. The van der Waals surface area contributed by atoms with Gasteiger partial charge in [-0.1, -0.05) is 17.7 Å². The average Bonchev–Trinajstić information content (AvgIpc) is 2.75. The van der Waals surface area contributed by atoms with Gasteiger partial charge in [0, 0.05) is 40.3 Å². The van der Waals surface area contributed by atoms with Crippen LogP contribution in [0.2, 0.25) is 0 Å². The van der Waals surface area contributed by atoms with E-state index in [-0.39, 0.29) is 12.5 Å². The lowest BCUT2D eigenvalue weighted by molar-refractivity contribution is -0.127. The molecule has 1 aliphatic rings. The molecule has 8 nitrogen and oxygen atoms in total. The van der Waals surface area contributed by atoms with Crippen LogP contribution in [0.1, 0.15) is 17.5 Å². The third-order valence-electron chi connectivity index (χ3n) is 5.04. The molecule has 0 bridgehead atoms. The van der Waals surface area contributed by atoms with Gasteiger partial charge < -0.3 is 25.0 Å². The molecule has 1 aromatic rings. The predicted octanol–water partition coefficient (Wildman–Crippen LogP) is 0.892. The summed E-state index contributed by atoms with van der Waals surface area (Å²) in [6, 6.07) is 6.19. The molecule has 0 spiro atoms. The number of nitrogens with zero attached hydrogens (tertiary/aromatic N) is 3. The molecule has 0 aliphatic carbocycles. The molecule has 1 fully saturated rings. The van der Waals surface area contributed by atoms with Gasteiger partial charge in [-0.15, -0.1) is 0 Å². The largest absolute Gasteiger partial charge is 0.496 e. The average molecular weight is 420 g/mol. The van der Waals surface area contributed by atoms with Crippen LogP contribution in [0.25, 0.3) is 0 Å². The van der Waals surface area contributed by atoms with Gasteiger partial charge in [0.15, 0.2) is 5.96 Å². The van der Waals surface area contributed by atoms with Gasteiger partial charge in [-0.3, -0.25) is 9.69 Å². The molecule has 1 aromatic carbocycles. The quantitative estimate of drug-likeness (QED) is 0.333. The Morgan fingerprint density at radius 1 is 1.23 bits per heavy atom. The van der Waals surface area contributed by atoms with Crippen molar-refractivity contribution in [2.24, 2.45) is 4.99 Å². The number of ether oxygens (including phenoxy) is 2. The van der Waals surface area contributed by atoms with Gasteiger partial charge in [0.25, 0.3) is 0 Å². The van der Waals surface area contributed by atoms with Crippen LogP contribution in [0, 0.1) is 6.92 Å². The maximum absolute atomic E-state index is 11.9.